The molecule has 26 heavy (non-hydrogen) atoms. The smallest absolute Gasteiger partial charge is 0.257 e. The minimum absolute atomic E-state index is 0.00124. The second kappa shape index (κ2) is 8.30. The lowest BCUT2D eigenvalue weighted by Crippen LogP contribution is -2.46. The first-order valence-corrected chi connectivity index (χ1v) is 9.60. The highest BCUT2D eigenvalue weighted by molar-refractivity contribution is 14.1. The number of ether oxygens (including phenoxy) is 1. The van der Waals surface area contributed by atoms with Gasteiger partial charge in [0.05, 0.1) is 29.5 Å². The maximum Gasteiger partial charge on any atom is 0.257 e. The second-order valence-electron chi connectivity index (χ2n) is 6.02. The van der Waals surface area contributed by atoms with Crippen LogP contribution in [0, 0.1) is 3.57 Å². The Kier molecular flexibility index (Phi) is 6.08. The van der Waals surface area contributed by atoms with Gasteiger partial charge in [-0.1, -0.05) is 11.6 Å². The fraction of sp³-hybridized carbons (Fsp3) is 0.333. The maximum absolute atomic E-state index is 12.6. The molecule has 1 aliphatic heterocycles. The van der Waals surface area contributed by atoms with Crippen molar-refractivity contribution in [3.63, 3.8) is 0 Å². The molecule has 6 nitrogen and oxygen atoms in total. The van der Waals surface area contributed by atoms with Gasteiger partial charge in [-0.05, 0) is 53.6 Å². The number of rotatable bonds is 4. The number of nitrogens with zero attached hydrogens (tertiary/aromatic N) is 1. The zero-order valence-electron chi connectivity index (χ0n) is 14.1. The summed E-state index contributed by atoms with van der Waals surface area (Å²) in [6, 6.07) is 5.01. The van der Waals surface area contributed by atoms with Crippen LogP contribution in [0.3, 0.4) is 0 Å². The summed E-state index contributed by atoms with van der Waals surface area (Å²) in [5, 5.41) is 3.53. The number of piperidine rings is 1. The second-order valence-corrected chi connectivity index (χ2v) is 7.59. The summed E-state index contributed by atoms with van der Waals surface area (Å²) in [6.45, 7) is 1.17. The number of benzene rings is 1. The lowest BCUT2D eigenvalue weighted by atomic mass is 10.0. The lowest BCUT2D eigenvalue weighted by molar-refractivity contribution is 0.0697. The molecule has 0 radical (unpaired) electrons. The van der Waals surface area contributed by atoms with Crippen LogP contribution in [-0.4, -0.2) is 43.0 Å². The molecule has 0 unspecified atom stereocenters. The number of hydrogen-bond acceptors (Lipinski definition) is 4. The zero-order valence-corrected chi connectivity index (χ0v) is 17.0. The van der Waals surface area contributed by atoms with Crippen LogP contribution >= 0.6 is 34.2 Å². The molecule has 1 saturated heterocycles. The summed E-state index contributed by atoms with van der Waals surface area (Å²) < 4.78 is 11.1. The van der Waals surface area contributed by atoms with Crippen molar-refractivity contribution in [2.45, 2.75) is 18.9 Å². The van der Waals surface area contributed by atoms with Crippen molar-refractivity contribution < 1.29 is 18.7 Å². The van der Waals surface area contributed by atoms with E-state index in [1.807, 2.05) is 0 Å². The summed E-state index contributed by atoms with van der Waals surface area (Å²) in [6.07, 6.45) is 4.31. The van der Waals surface area contributed by atoms with E-state index < -0.39 is 0 Å². The highest BCUT2D eigenvalue weighted by atomic mass is 127. The summed E-state index contributed by atoms with van der Waals surface area (Å²) in [7, 11) is 1.52. The van der Waals surface area contributed by atoms with E-state index in [2.05, 4.69) is 27.9 Å². The number of halogens is 2. The Morgan fingerprint density at radius 1 is 1.35 bits per heavy atom. The van der Waals surface area contributed by atoms with Crippen molar-refractivity contribution in [3.8, 4) is 5.75 Å². The fourth-order valence-corrected chi connectivity index (χ4v) is 3.54. The summed E-state index contributed by atoms with van der Waals surface area (Å²) in [5.74, 6) is 0.221. The Morgan fingerprint density at radius 3 is 2.69 bits per heavy atom. The summed E-state index contributed by atoms with van der Waals surface area (Å²) >= 11 is 8.23. The molecule has 1 fully saturated rings. The van der Waals surface area contributed by atoms with E-state index in [0.717, 1.165) is 3.57 Å². The van der Waals surface area contributed by atoms with Crippen LogP contribution in [0.15, 0.2) is 35.1 Å². The van der Waals surface area contributed by atoms with Gasteiger partial charge >= 0.3 is 0 Å². The largest absolute Gasteiger partial charge is 0.496 e. The van der Waals surface area contributed by atoms with Crippen molar-refractivity contribution in [1.29, 1.82) is 0 Å². The standard InChI is InChI=1S/C18H18ClIN2O4/c1-25-16-9-15(20)14(19)8-13(16)17(23)21-12-2-5-22(6-3-12)18(24)11-4-7-26-10-11/h4,7-10,12H,2-3,5-6H2,1H3,(H,21,23). The molecular formula is C18H18ClIN2O4. The minimum Gasteiger partial charge on any atom is -0.496 e. The zero-order chi connectivity index (χ0) is 18.7. The predicted molar refractivity (Wildman–Crippen MR) is 106 cm³/mol. The van der Waals surface area contributed by atoms with Gasteiger partial charge in [0.15, 0.2) is 0 Å². The molecule has 1 N–H and O–H groups in total. The number of hydrogen-bond donors (Lipinski definition) is 1. The van der Waals surface area contributed by atoms with Crippen molar-refractivity contribution in [2.24, 2.45) is 0 Å². The molecule has 0 bridgehead atoms. The normalized spacial score (nSPS) is 15.0. The Bertz CT molecular complexity index is 802. The molecule has 0 saturated carbocycles. The Morgan fingerprint density at radius 2 is 2.08 bits per heavy atom. The van der Waals surface area contributed by atoms with Crippen molar-refractivity contribution in [2.75, 3.05) is 20.2 Å². The molecule has 8 heteroatoms. The third kappa shape index (κ3) is 4.15. The van der Waals surface area contributed by atoms with Gasteiger partial charge in [0.2, 0.25) is 0 Å². The van der Waals surface area contributed by atoms with E-state index in [9.17, 15) is 9.59 Å². The molecular weight excluding hydrogens is 471 g/mol. The van der Waals surface area contributed by atoms with E-state index in [-0.39, 0.29) is 17.9 Å². The van der Waals surface area contributed by atoms with Gasteiger partial charge in [-0.25, -0.2) is 0 Å². The lowest BCUT2D eigenvalue weighted by Gasteiger charge is -2.32. The molecule has 1 aliphatic rings. The molecule has 2 amide bonds. The highest BCUT2D eigenvalue weighted by Gasteiger charge is 2.26. The molecule has 1 aromatic heterocycles. The van der Waals surface area contributed by atoms with Gasteiger partial charge in [-0.15, -0.1) is 0 Å². The van der Waals surface area contributed by atoms with Crippen LogP contribution in [-0.2, 0) is 0 Å². The van der Waals surface area contributed by atoms with Crippen LogP contribution in [0.25, 0.3) is 0 Å². The van der Waals surface area contributed by atoms with Crippen LogP contribution in [0.5, 0.6) is 5.75 Å². The Labute approximate surface area is 170 Å². The van der Waals surface area contributed by atoms with Gasteiger partial charge in [0.1, 0.15) is 12.0 Å². The predicted octanol–water partition coefficient (Wildman–Crippen LogP) is 3.58. The van der Waals surface area contributed by atoms with E-state index >= 15 is 0 Å². The number of furan rings is 1. The molecule has 0 spiro atoms. The number of carbonyl (C=O) groups excluding carboxylic acids is 2. The average molecular weight is 489 g/mol. The van der Waals surface area contributed by atoms with Gasteiger partial charge in [0.25, 0.3) is 11.8 Å². The molecule has 3 rings (SSSR count). The fourth-order valence-electron chi connectivity index (χ4n) is 2.93. The third-order valence-corrected chi connectivity index (χ3v) is 5.90. The molecule has 1 aromatic carbocycles. The van der Waals surface area contributed by atoms with E-state index in [4.69, 9.17) is 20.8 Å². The van der Waals surface area contributed by atoms with Gasteiger partial charge in [-0.3, -0.25) is 9.59 Å². The quantitative estimate of drug-likeness (QED) is 0.668. The Hall–Kier alpha value is -1.74. The number of carbonyl (C=O) groups is 2. The van der Waals surface area contributed by atoms with Gasteiger partial charge in [0, 0.05) is 22.7 Å². The number of nitrogens with one attached hydrogen (secondary N) is 1. The van der Waals surface area contributed by atoms with E-state index in [0.29, 0.717) is 47.8 Å². The van der Waals surface area contributed by atoms with Crippen molar-refractivity contribution in [1.82, 2.24) is 10.2 Å². The molecule has 2 aromatic rings. The topological polar surface area (TPSA) is 71.8 Å². The minimum atomic E-state index is -0.222. The van der Waals surface area contributed by atoms with Gasteiger partial charge in [-0.2, -0.15) is 0 Å². The number of amides is 2. The molecule has 0 atom stereocenters. The van der Waals surface area contributed by atoms with Crippen LogP contribution in [0.4, 0.5) is 0 Å². The molecule has 0 aliphatic carbocycles. The van der Waals surface area contributed by atoms with Crippen LogP contribution < -0.4 is 10.1 Å². The first kappa shape index (κ1) is 19.0. The third-order valence-electron chi connectivity index (χ3n) is 4.37. The Balaban J connectivity index is 1.60. The first-order valence-electron chi connectivity index (χ1n) is 8.15. The van der Waals surface area contributed by atoms with Crippen LogP contribution in [0.2, 0.25) is 5.02 Å². The van der Waals surface area contributed by atoms with Crippen LogP contribution in [0.1, 0.15) is 33.6 Å². The summed E-state index contributed by atoms with van der Waals surface area (Å²) in [4.78, 5) is 26.7. The van der Waals surface area contributed by atoms with Crippen molar-refractivity contribution in [3.05, 3.63) is 50.4 Å². The van der Waals surface area contributed by atoms with Crippen molar-refractivity contribution >= 4 is 46.0 Å². The van der Waals surface area contributed by atoms with E-state index in [1.165, 1.54) is 19.6 Å². The monoisotopic (exact) mass is 488 g/mol. The summed E-state index contributed by atoms with van der Waals surface area (Å²) in [5.41, 5.74) is 0.959. The van der Waals surface area contributed by atoms with Gasteiger partial charge < -0.3 is 19.4 Å². The molecule has 138 valence electrons. The highest BCUT2D eigenvalue weighted by Crippen LogP contribution is 2.28. The molecule has 2 heterocycles. The SMILES string of the molecule is COc1cc(I)c(Cl)cc1C(=O)NC1CCN(C(=O)c2ccoc2)CC1. The first-order chi connectivity index (χ1) is 12.5. The maximum atomic E-state index is 12.6. The van der Waals surface area contributed by atoms with E-state index in [1.54, 1.807) is 23.1 Å². The number of likely N-dealkylation sites (tertiary alicyclic amines) is 1. The number of methoxy groups -OCH3 is 1. The average Bonchev–Trinajstić information content (AvgIpc) is 3.18.